The maximum Gasteiger partial charge on any atom is 0.303 e. The van der Waals surface area contributed by atoms with Gasteiger partial charge in [0.2, 0.25) is 5.69 Å². The number of unbranched alkanes of at least 4 members (excludes halogenated alkanes) is 2. The van der Waals surface area contributed by atoms with E-state index < -0.39 is 92.7 Å². The lowest BCUT2D eigenvalue weighted by atomic mass is 9.74. The average Bonchev–Trinajstić information content (AvgIpc) is 3.70. The Morgan fingerprint density at radius 1 is 0.632 bits per heavy atom. The largest absolute Gasteiger partial charge is 0.481 e. The lowest BCUT2D eigenvalue weighted by Gasteiger charge is -2.31. The molecule has 6 N–H and O–H groups in total. The molecule has 6 rings (SSSR count). The van der Waals surface area contributed by atoms with Crippen LogP contribution in [0.1, 0.15) is 76.8 Å². The van der Waals surface area contributed by atoms with Crippen LogP contribution in [0.15, 0.2) is 104 Å². The summed E-state index contributed by atoms with van der Waals surface area (Å²) in [7, 11) is -23.2. The molecule has 22 nitrogen and oxygen atoms in total. The molecular weight excluding hydrogens is 1100 g/mol. The maximum absolute atomic E-state index is 12.9. The summed E-state index contributed by atoms with van der Waals surface area (Å²) in [6, 6.07) is 9.48. The fourth-order valence-corrected chi connectivity index (χ4v) is 13.4. The Labute approximate surface area is 442 Å². The fraction of sp³-hybridized carbons (Fsp3) is 0.429. The second kappa shape index (κ2) is 23.5. The molecule has 0 aromatic heterocycles. The van der Waals surface area contributed by atoms with Crippen LogP contribution in [0.25, 0.3) is 21.5 Å². The van der Waals surface area contributed by atoms with E-state index in [-0.39, 0.29) is 80.1 Å². The van der Waals surface area contributed by atoms with Crippen molar-refractivity contribution in [3.8, 4) is 0 Å². The molecule has 2 aliphatic heterocycles. The van der Waals surface area contributed by atoms with Gasteiger partial charge in [0.05, 0.1) is 47.4 Å². The van der Waals surface area contributed by atoms with E-state index in [2.05, 4.69) is 0 Å². The highest BCUT2D eigenvalue weighted by Gasteiger charge is 2.49. The van der Waals surface area contributed by atoms with Gasteiger partial charge in [-0.3, -0.25) is 27.6 Å². The molecule has 0 radical (unpaired) electrons. The highest BCUT2D eigenvalue weighted by atomic mass is 32.2. The number of hydrogen-bond acceptors (Lipinski definition) is 15. The zero-order chi connectivity index (χ0) is 56.2. The van der Waals surface area contributed by atoms with Crippen molar-refractivity contribution in [3.05, 3.63) is 95.7 Å². The first-order valence-electron chi connectivity index (χ1n) is 23.8. The first-order valence-corrected chi connectivity index (χ1v) is 31.2. The van der Waals surface area contributed by atoms with Crippen molar-refractivity contribution < 1.29 is 93.5 Å². The number of carbonyl (C=O) groups is 1. The number of anilines is 1. The normalized spacial score (nSPS) is 19.1. The number of nitrogens with zero attached hydrogens (tertiary/aromatic N) is 2. The van der Waals surface area contributed by atoms with Crippen LogP contribution < -0.4 is 4.90 Å². The molecule has 2 heterocycles. The Morgan fingerprint density at radius 2 is 1.20 bits per heavy atom. The number of carboxylic acid groups (broad SMARTS) is 1. The number of aliphatic carboxylic acids is 1. The quantitative estimate of drug-likeness (QED) is 0.0160. The first kappa shape index (κ1) is 60.2. The van der Waals surface area contributed by atoms with Crippen LogP contribution in [-0.2, 0) is 80.4 Å². The van der Waals surface area contributed by atoms with Crippen LogP contribution in [0, 0.1) is 0 Å². The van der Waals surface area contributed by atoms with Gasteiger partial charge in [0.1, 0.15) is 16.3 Å². The molecule has 27 heteroatoms. The Balaban J connectivity index is 1.52. The van der Waals surface area contributed by atoms with Crippen molar-refractivity contribution in [1.82, 2.24) is 0 Å². The number of rotatable bonds is 27. The number of benzene rings is 4. The third kappa shape index (κ3) is 13.4. The minimum Gasteiger partial charge on any atom is -0.481 e. The number of allylic oxidation sites excluding steroid dienone is 6. The maximum atomic E-state index is 12.9. The summed E-state index contributed by atoms with van der Waals surface area (Å²) in [5.41, 5.74) is 0.473. The highest BCUT2D eigenvalue weighted by Crippen LogP contribution is 2.54. The Hall–Kier alpha value is -5.01. The number of fused-ring (bicyclic) bond motifs is 6. The Bertz CT molecular complexity index is 3630. The van der Waals surface area contributed by atoms with E-state index in [0.29, 0.717) is 78.5 Å². The smallest absolute Gasteiger partial charge is 0.303 e. The van der Waals surface area contributed by atoms with Crippen molar-refractivity contribution in [2.45, 2.75) is 96.1 Å². The molecule has 0 saturated carbocycles. The highest BCUT2D eigenvalue weighted by molar-refractivity contribution is 7.87. The molecule has 0 spiro atoms. The minimum atomic E-state index is -5.09. The summed E-state index contributed by atoms with van der Waals surface area (Å²) in [6.07, 6.45) is 9.77. The molecule has 4 aromatic rings. The molecule has 0 fully saturated rings. The molecule has 4 aromatic carbocycles. The molecule has 2 atom stereocenters. The molecule has 0 amide bonds. The Morgan fingerprint density at radius 3 is 1.74 bits per heavy atom. The summed E-state index contributed by atoms with van der Waals surface area (Å²) < 4.78 is 195. The SMILES string of the molecule is CC[N+]1=C(/C=C/C=C/C=C2/N(CCCCCC(=O)O)c3ccc4c(S(=O)(=O)O)cc(S(=O)(=O)O)cc4c3C2(C)CCOCCOCCOC)C(C)(CCCS(=O)(=O)O)c2c1ccc1c(S(=O)(=O)O)cc(S(=O)(=O)O)cc21. The lowest BCUT2D eigenvalue weighted by molar-refractivity contribution is -0.433. The van der Waals surface area contributed by atoms with Crippen molar-refractivity contribution in [3.63, 3.8) is 0 Å². The summed E-state index contributed by atoms with van der Waals surface area (Å²) in [5.74, 6) is -1.64. The van der Waals surface area contributed by atoms with Gasteiger partial charge in [-0.25, -0.2) is 0 Å². The van der Waals surface area contributed by atoms with Gasteiger partial charge in [-0.15, -0.1) is 0 Å². The zero-order valence-electron chi connectivity index (χ0n) is 41.9. The molecule has 0 aliphatic carbocycles. The second-order valence-electron chi connectivity index (χ2n) is 18.7. The van der Waals surface area contributed by atoms with Gasteiger partial charge < -0.3 is 24.2 Å². The average molecular weight is 1160 g/mol. The third-order valence-electron chi connectivity index (χ3n) is 13.6. The standard InChI is InChI=1S/C49H60N2O20S5/c1-5-50-39-18-16-35-37(29-33(73(57,58)59)31-41(35)75(63,64)65)46(39)48(2,20-12-28-72(54,55)56)43(50)13-8-6-9-14-44-49(3,21-23-70-26-27-71-25-24-69-4)47-38-30-34(74(60,61)62)32-42(76(66,67)68)36(38)17-19-40(47)51(44)22-11-7-10-15-45(52)53/h6,8-9,13-14,16-19,29-32H,5,7,10-12,15,20-28H2,1-4H3,(H5-,52,53,54,55,56,57,58,59,60,61,62,63,64,65,66,67,68)/p+1. The molecule has 76 heavy (non-hydrogen) atoms. The number of carboxylic acids is 1. The van der Waals surface area contributed by atoms with Gasteiger partial charge >= 0.3 is 5.97 Å². The van der Waals surface area contributed by atoms with E-state index in [9.17, 15) is 74.8 Å². The van der Waals surface area contributed by atoms with Gasteiger partial charge in [-0.05, 0) is 112 Å². The number of hydrogen-bond donors (Lipinski definition) is 6. The van der Waals surface area contributed by atoms with E-state index >= 15 is 0 Å². The van der Waals surface area contributed by atoms with Gasteiger partial charge in [-0.2, -0.15) is 46.7 Å². The van der Waals surface area contributed by atoms with Crippen molar-refractivity contribution in [2.75, 3.05) is 63.9 Å². The lowest BCUT2D eigenvalue weighted by Crippen LogP contribution is -2.32. The van der Waals surface area contributed by atoms with Gasteiger partial charge in [-0.1, -0.05) is 30.7 Å². The zero-order valence-corrected chi connectivity index (χ0v) is 46.0. The van der Waals surface area contributed by atoms with Gasteiger partial charge in [0.25, 0.3) is 50.6 Å². The van der Waals surface area contributed by atoms with Crippen molar-refractivity contribution >= 4 is 95.2 Å². The van der Waals surface area contributed by atoms with Crippen molar-refractivity contribution in [1.29, 1.82) is 0 Å². The summed E-state index contributed by atoms with van der Waals surface area (Å²) in [4.78, 5) is 10.1. The van der Waals surface area contributed by atoms with Crippen LogP contribution in [0.4, 0.5) is 11.4 Å². The van der Waals surface area contributed by atoms with Crippen LogP contribution >= 0.6 is 0 Å². The monoisotopic (exact) mass is 1160 g/mol. The van der Waals surface area contributed by atoms with Gasteiger partial charge in [0.15, 0.2) is 5.71 Å². The summed E-state index contributed by atoms with van der Waals surface area (Å²) in [6.45, 7) is 7.09. The molecule has 0 saturated heterocycles. The van der Waals surface area contributed by atoms with Crippen LogP contribution in [0.3, 0.4) is 0 Å². The van der Waals surface area contributed by atoms with E-state index in [1.807, 2.05) is 16.4 Å². The number of ether oxygens (including phenoxy) is 3. The molecule has 2 aliphatic rings. The van der Waals surface area contributed by atoms with Gasteiger partial charge in [0, 0.05) is 72.0 Å². The number of methoxy groups -OCH3 is 1. The first-order chi connectivity index (χ1) is 35.4. The van der Waals surface area contributed by atoms with Crippen LogP contribution in [0.5, 0.6) is 0 Å². The molecular formula is C49H61N2O20S5+. The molecule has 2 unspecified atom stereocenters. The van der Waals surface area contributed by atoms with E-state index in [0.717, 1.165) is 12.1 Å². The third-order valence-corrected chi connectivity index (χ3v) is 17.8. The van der Waals surface area contributed by atoms with Crippen LogP contribution in [0.2, 0.25) is 0 Å². The summed E-state index contributed by atoms with van der Waals surface area (Å²) in [5, 5.41) is 9.29. The predicted molar refractivity (Wildman–Crippen MR) is 281 cm³/mol. The fourth-order valence-electron chi connectivity index (χ4n) is 10.2. The minimum absolute atomic E-state index is 0.00785. The van der Waals surface area contributed by atoms with E-state index in [1.54, 1.807) is 56.4 Å². The van der Waals surface area contributed by atoms with Crippen LogP contribution in [-0.4, -0.2) is 145 Å². The van der Waals surface area contributed by atoms with E-state index in [4.69, 9.17) is 14.2 Å². The Kier molecular flexibility index (Phi) is 18.6. The second-order valence-corrected chi connectivity index (χ2v) is 25.9. The predicted octanol–water partition coefficient (Wildman–Crippen LogP) is 6.51. The van der Waals surface area contributed by atoms with E-state index in [1.165, 1.54) is 19.2 Å². The van der Waals surface area contributed by atoms with Crippen molar-refractivity contribution in [2.24, 2.45) is 0 Å². The molecule has 416 valence electrons. The molecule has 0 bridgehead atoms. The topological polar surface area (TPSA) is 343 Å². The summed E-state index contributed by atoms with van der Waals surface area (Å²) >= 11 is 0.